The van der Waals surface area contributed by atoms with E-state index in [0.29, 0.717) is 0 Å². The molecule has 0 radical (unpaired) electrons. The van der Waals surface area contributed by atoms with Crippen LogP contribution in [-0.2, 0) is 0 Å². The van der Waals surface area contributed by atoms with Crippen LogP contribution in [0.3, 0.4) is 0 Å². The lowest BCUT2D eigenvalue weighted by Crippen LogP contribution is -2.20. The Morgan fingerprint density at radius 1 is 1.58 bits per heavy atom. The van der Waals surface area contributed by atoms with Gasteiger partial charge in [0.2, 0.25) is 0 Å². The van der Waals surface area contributed by atoms with Gasteiger partial charge in [0.1, 0.15) is 0 Å². The highest BCUT2D eigenvalue weighted by molar-refractivity contribution is 8.14. The average molecular weight is 204 g/mol. The third-order valence-corrected chi connectivity index (χ3v) is 3.27. The van der Waals surface area contributed by atoms with E-state index >= 15 is 0 Å². The molecular weight excluding hydrogens is 188 g/mol. The van der Waals surface area contributed by atoms with Gasteiger partial charge in [0.15, 0.2) is 5.17 Å². The molecule has 0 aromatic carbocycles. The molecule has 2 nitrogen and oxygen atoms in total. The Balaban J connectivity index is 1.88. The molecule has 0 aromatic rings. The zero-order chi connectivity index (χ0) is 8.65. The summed E-state index contributed by atoms with van der Waals surface area (Å²) in [6, 6.07) is 0. The smallest absolute Gasteiger partial charge is 0.156 e. The van der Waals surface area contributed by atoms with Crippen LogP contribution in [0.1, 0.15) is 12.8 Å². The predicted molar refractivity (Wildman–Crippen MR) is 60.4 cm³/mol. The minimum Gasteiger partial charge on any atom is -0.365 e. The molecule has 12 heavy (non-hydrogen) atoms. The first-order valence-electron chi connectivity index (χ1n) is 4.33. The van der Waals surface area contributed by atoms with Crippen LogP contribution in [0.2, 0.25) is 0 Å². The summed E-state index contributed by atoms with van der Waals surface area (Å²) >= 11 is 3.76. The Morgan fingerprint density at radius 3 is 3.17 bits per heavy atom. The van der Waals surface area contributed by atoms with E-state index in [0.717, 1.165) is 24.0 Å². The topological polar surface area (TPSA) is 24.4 Å². The van der Waals surface area contributed by atoms with Gasteiger partial charge >= 0.3 is 0 Å². The molecule has 1 heterocycles. The second kappa shape index (κ2) is 6.66. The molecule has 0 aliphatic carbocycles. The molecule has 1 N–H and O–H groups in total. The molecule has 0 fully saturated rings. The van der Waals surface area contributed by atoms with Crippen molar-refractivity contribution >= 4 is 28.7 Å². The quantitative estimate of drug-likeness (QED) is 0.691. The van der Waals surface area contributed by atoms with E-state index in [1.165, 1.54) is 18.6 Å². The van der Waals surface area contributed by atoms with Crippen LogP contribution < -0.4 is 5.32 Å². The second-order valence-corrected chi connectivity index (χ2v) is 4.73. The summed E-state index contributed by atoms with van der Waals surface area (Å²) in [5.41, 5.74) is 0. The monoisotopic (exact) mass is 204 g/mol. The summed E-state index contributed by atoms with van der Waals surface area (Å²) < 4.78 is 0. The molecule has 0 saturated heterocycles. The van der Waals surface area contributed by atoms with Crippen molar-refractivity contribution in [2.45, 2.75) is 12.8 Å². The molecule has 1 rings (SSSR count). The van der Waals surface area contributed by atoms with Gasteiger partial charge in [-0.1, -0.05) is 11.8 Å². The summed E-state index contributed by atoms with van der Waals surface area (Å²) in [5.74, 6) is 2.44. The van der Waals surface area contributed by atoms with Crippen LogP contribution in [0.5, 0.6) is 0 Å². The number of rotatable bonds is 5. The number of nitrogens with one attached hydrogen (secondary N) is 1. The third kappa shape index (κ3) is 4.26. The van der Waals surface area contributed by atoms with Gasteiger partial charge in [-0.25, -0.2) is 0 Å². The molecule has 0 bridgehead atoms. The van der Waals surface area contributed by atoms with E-state index in [1.807, 2.05) is 23.5 Å². The number of thioether (sulfide) groups is 2. The predicted octanol–water partition coefficient (Wildman–Crippen LogP) is 1.82. The van der Waals surface area contributed by atoms with Crippen molar-refractivity contribution in [2.75, 3.05) is 30.9 Å². The second-order valence-electron chi connectivity index (χ2n) is 2.66. The number of hydrogen-bond donors (Lipinski definition) is 1. The van der Waals surface area contributed by atoms with Gasteiger partial charge < -0.3 is 5.32 Å². The van der Waals surface area contributed by atoms with Crippen molar-refractivity contribution in [3.8, 4) is 0 Å². The minimum atomic E-state index is 0.998. The van der Waals surface area contributed by atoms with Gasteiger partial charge in [0.25, 0.3) is 0 Å². The Hall–Kier alpha value is 0.170. The van der Waals surface area contributed by atoms with Crippen LogP contribution >= 0.6 is 23.5 Å². The summed E-state index contributed by atoms with van der Waals surface area (Å²) in [6.45, 7) is 2.09. The van der Waals surface area contributed by atoms with Crippen LogP contribution in [0.4, 0.5) is 0 Å². The number of nitrogens with zero attached hydrogens (tertiary/aromatic N) is 1. The maximum atomic E-state index is 4.32. The minimum absolute atomic E-state index is 0.998. The number of aliphatic imine (C=N–C) groups is 1. The highest BCUT2D eigenvalue weighted by Gasteiger charge is 2.04. The lowest BCUT2D eigenvalue weighted by molar-refractivity contribution is 0.764. The van der Waals surface area contributed by atoms with Crippen LogP contribution in [0.25, 0.3) is 0 Å². The van der Waals surface area contributed by atoms with Crippen molar-refractivity contribution in [1.82, 2.24) is 5.32 Å². The molecule has 0 saturated carbocycles. The lowest BCUT2D eigenvalue weighted by Gasteiger charge is -2.03. The number of unbranched alkanes of at least 4 members (excludes halogenated alkanes) is 1. The first-order valence-corrected chi connectivity index (χ1v) is 6.71. The van der Waals surface area contributed by atoms with Crippen molar-refractivity contribution in [2.24, 2.45) is 4.99 Å². The zero-order valence-corrected chi connectivity index (χ0v) is 9.14. The highest BCUT2D eigenvalue weighted by atomic mass is 32.2. The summed E-state index contributed by atoms with van der Waals surface area (Å²) in [6.07, 6.45) is 4.73. The van der Waals surface area contributed by atoms with E-state index < -0.39 is 0 Å². The SMILES string of the molecule is CSCCCCNC1=NCCS1. The Bertz CT molecular complexity index is 148. The third-order valence-electron chi connectivity index (χ3n) is 1.64. The molecular formula is C8H16N2S2. The molecule has 0 aromatic heterocycles. The molecule has 0 atom stereocenters. The maximum Gasteiger partial charge on any atom is 0.156 e. The first-order chi connectivity index (χ1) is 5.93. The van der Waals surface area contributed by atoms with Crippen molar-refractivity contribution < 1.29 is 0 Å². The van der Waals surface area contributed by atoms with Gasteiger partial charge in [0, 0.05) is 12.3 Å². The number of amidine groups is 1. The lowest BCUT2D eigenvalue weighted by atomic mass is 10.3. The Labute approximate surface area is 83.0 Å². The molecule has 0 unspecified atom stereocenters. The fourth-order valence-corrected chi connectivity index (χ4v) is 2.26. The fourth-order valence-electron chi connectivity index (χ4n) is 1.01. The van der Waals surface area contributed by atoms with E-state index in [9.17, 15) is 0 Å². The van der Waals surface area contributed by atoms with Gasteiger partial charge in [-0.15, -0.1) is 0 Å². The number of hydrogen-bond acceptors (Lipinski definition) is 4. The summed E-state index contributed by atoms with van der Waals surface area (Å²) in [5, 5.41) is 4.50. The van der Waals surface area contributed by atoms with Crippen molar-refractivity contribution in [1.29, 1.82) is 0 Å². The molecule has 70 valence electrons. The maximum absolute atomic E-state index is 4.32. The van der Waals surface area contributed by atoms with Crippen molar-refractivity contribution in [3.63, 3.8) is 0 Å². The molecule has 0 spiro atoms. The van der Waals surface area contributed by atoms with Gasteiger partial charge in [-0.3, -0.25) is 4.99 Å². The normalized spacial score (nSPS) is 16.2. The molecule has 0 amide bonds. The summed E-state index contributed by atoms with van der Waals surface area (Å²) in [4.78, 5) is 4.32. The Morgan fingerprint density at radius 2 is 2.50 bits per heavy atom. The van der Waals surface area contributed by atoms with E-state index in [4.69, 9.17) is 0 Å². The molecule has 1 aliphatic rings. The largest absolute Gasteiger partial charge is 0.365 e. The van der Waals surface area contributed by atoms with Crippen LogP contribution in [0, 0.1) is 0 Å². The fraction of sp³-hybridized carbons (Fsp3) is 0.875. The van der Waals surface area contributed by atoms with Gasteiger partial charge in [-0.05, 0) is 24.9 Å². The first kappa shape index (κ1) is 10.3. The van der Waals surface area contributed by atoms with Gasteiger partial charge in [0.05, 0.1) is 6.54 Å². The molecule has 1 aliphatic heterocycles. The van der Waals surface area contributed by atoms with Crippen LogP contribution in [-0.4, -0.2) is 36.0 Å². The van der Waals surface area contributed by atoms with E-state index in [-0.39, 0.29) is 0 Å². The highest BCUT2D eigenvalue weighted by Crippen LogP contribution is 2.08. The van der Waals surface area contributed by atoms with E-state index in [2.05, 4.69) is 16.6 Å². The standard InChI is InChI=1S/C8H16N2S2/c1-11-6-3-2-4-9-8-10-5-7-12-8/h2-7H2,1H3,(H,9,10). The van der Waals surface area contributed by atoms with E-state index in [1.54, 1.807) is 0 Å². The van der Waals surface area contributed by atoms with Gasteiger partial charge in [-0.2, -0.15) is 11.8 Å². The summed E-state index contributed by atoms with van der Waals surface area (Å²) in [7, 11) is 0. The average Bonchev–Trinajstić information content (AvgIpc) is 2.57. The van der Waals surface area contributed by atoms with Crippen LogP contribution in [0.15, 0.2) is 4.99 Å². The van der Waals surface area contributed by atoms with Crippen molar-refractivity contribution in [3.05, 3.63) is 0 Å². The zero-order valence-electron chi connectivity index (χ0n) is 7.51. The Kier molecular flexibility index (Phi) is 5.69. The molecule has 4 heteroatoms.